The zero-order chi connectivity index (χ0) is 13.2. The number of hydrogen-bond donors (Lipinski definition) is 0. The topological polar surface area (TPSA) is 9.23 Å². The molecular weight excluding hydrogens is 220 g/mol. The van der Waals surface area contributed by atoms with E-state index in [4.69, 9.17) is 4.74 Å². The first-order valence-electron chi connectivity index (χ1n) is 6.89. The molecule has 1 heterocycles. The van der Waals surface area contributed by atoms with Crippen molar-refractivity contribution in [1.82, 2.24) is 0 Å². The fourth-order valence-corrected chi connectivity index (χ4v) is 2.99. The molecule has 18 heavy (non-hydrogen) atoms. The van der Waals surface area contributed by atoms with Gasteiger partial charge in [-0.25, -0.2) is 0 Å². The summed E-state index contributed by atoms with van der Waals surface area (Å²) in [6, 6.07) is 10.5. The van der Waals surface area contributed by atoms with Gasteiger partial charge < -0.3 is 4.74 Å². The summed E-state index contributed by atoms with van der Waals surface area (Å²) in [4.78, 5) is 0. The Labute approximate surface area is 111 Å². The van der Waals surface area contributed by atoms with Crippen LogP contribution in [-0.4, -0.2) is 11.7 Å². The van der Waals surface area contributed by atoms with Crippen LogP contribution in [0.5, 0.6) is 0 Å². The molecule has 0 saturated carbocycles. The molecule has 98 valence electrons. The van der Waals surface area contributed by atoms with Gasteiger partial charge in [-0.1, -0.05) is 56.3 Å². The lowest BCUT2D eigenvalue weighted by molar-refractivity contribution is -0.0349. The molecule has 0 aliphatic carbocycles. The standard InChI is InChI=1S/C17H24O/c1-13(10-11-15-8-6-5-7-9-15)16-14(2)12-17(3,4)18-16/h5-11,13-14,16H,12H2,1-4H3/b11-10+/t13-,14+,16-/m0/s1. The fourth-order valence-electron chi connectivity index (χ4n) is 2.99. The van der Waals surface area contributed by atoms with Crippen molar-refractivity contribution in [2.24, 2.45) is 11.8 Å². The Hall–Kier alpha value is -1.08. The molecule has 0 aromatic heterocycles. The first-order valence-corrected chi connectivity index (χ1v) is 6.89. The van der Waals surface area contributed by atoms with Crippen molar-refractivity contribution in [3.63, 3.8) is 0 Å². The third-order valence-electron chi connectivity index (χ3n) is 3.74. The van der Waals surface area contributed by atoms with Crippen molar-refractivity contribution in [3.8, 4) is 0 Å². The molecule has 0 bridgehead atoms. The van der Waals surface area contributed by atoms with Crippen molar-refractivity contribution in [1.29, 1.82) is 0 Å². The van der Waals surface area contributed by atoms with Gasteiger partial charge in [0.25, 0.3) is 0 Å². The van der Waals surface area contributed by atoms with E-state index in [9.17, 15) is 0 Å². The highest BCUT2D eigenvalue weighted by Gasteiger charge is 2.39. The molecule has 1 saturated heterocycles. The molecule has 1 nitrogen and oxygen atoms in total. The lowest BCUT2D eigenvalue weighted by Crippen LogP contribution is -2.24. The van der Waals surface area contributed by atoms with Gasteiger partial charge in [-0.2, -0.15) is 0 Å². The highest BCUT2D eigenvalue weighted by atomic mass is 16.5. The summed E-state index contributed by atoms with van der Waals surface area (Å²) in [6.45, 7) is 8.93. The van der Waals surface area contributed by atoms with E-state index >= 15 is 0 Å². The molecule has 0 unspecified atom stereocenters. The average molecular weight is 244 g/mol. The normalized spacial score (nSPS) is 28.7. The molecule has 3 atom stereocenters. The smallest absolute Gasteiger partial charge is 0.0668 e. The van der Waals surface area contributed by atoms with E-state index in [1.165, 1.54) is 5.56 Å². The average Bonchev–Trinajstić information content (AvgIpc) is 2.61. The van der Waals surface area contributed by atoms with Gasteiger partial charge in [-0.05, 0) is 31.7 Å². The maximum atomic E-state index is 6.16. The number of hydrogen-bond acceptors (Lipinski definition) is 1. The van der Waals surface area contributed by atoms with E-state index in [1.807, 2.05) is 6.07 Å². The van der Waals surface area contributed by atoms with E-state index < -0.39 is 0 Å². The summed E-state index contributed by atoms with van der Waals surface area (Å²) < 4.78 is 6.16. The van der Waals surface area contributed by atoms with E-state index in [1.54, 1.807) is 0 Å². The quantitative estimate of drug-likeness (QED) is 0.758. The van der Waals surface area contributed by atoms with E-state index in [0.717, 1.165) is 6.42 Å². The predicted molar refractivity (Wildman–Crippen MR) is 77.4 cm³/mol. The van der Waals surface area contributed by atoms with Crippen molar-refractivity contribution in [2.75, 3.05) is 0 Å². The molecule has 0 radical (unpaired) electrons. The van der Waals surface area contributed by atoms with Gasteiger partial charge in [-0.15, -0.1) is 0 Å². The molecule has 0 spiro atoms. The van der Waals surface area contributed by atoms with Gasteiger partial charge in [0.2, 0.25) is 0 Å². The number of benzene rings is 1. The van der Waals surface area contributed by atoms with Crippen molar-refractivity contribution in [2.45, 2.75) is 45.8 Å². The Morgan fingerprint density at radius 2 is 1.94 bits per heavy atom. The van der Waals surface area contributed by atoms with Gasteiger partial charge >= 0.3 is 0 Å². The Morgan fingerprint density at radius 3 is 2.50 bits per heavy atom. The summed E-state index contributed by atoms with van der Waals surface area (Å²) in [5.74, 6) is 1.09. The number of ether oxygens (including phenoxy) is 1. The molecule has 1 aliphatic rings. The van der Waals surface area contributed by atoms with Crippen LogP contribution in [-0.2, 0) is 4.74 Å². The van der Waals surface area contributed by atoms with Crippen LogP contribution >= 0.6 is 0 Å². The van der Waals surface area contributed by atoms with Crippen LogP contribution in [0.3, 0.4) is 0 Å². The lowest BCUT2D eigenvalue weighted by Gasteiger charge is -2.23. The third-order valence-corrected chi connectivity index (χ3v) is 3.74. The zero-order valence-corrected chi connectivity index (χ0v) is 11.9. The highest BCUT2D eigenvalue weighted by molar-refractivity contribution is 5.49. The summed E-state index contributed by atoms with van der Waals surface area (Å²) in [5.41, 5.74) is 1.30. The fraction of sp³-hybridized carbons (Fsp3) is 0.529. The maximum Gasteiger partial charge on any atom is 0.0668 e. The minimum Gasteiger partial charge on any atom is -0.371 e. The predicted octanol–water partition coefficient (Wildman–Crippen LogP) is 4.54. The van der Waals surface area contributed by atoms with Gasteiger partial charge in [0, 0.05) is 5.92 Å². The van der Waals surface area contributed by atoms with Crippen LogP contribution in [0.15, 0.2) is 36.4 Å². The SMILES string of the molecule is C[C@@H]1CC(C)(C)O[C@H]1[C@@H](C)/C=C/c1ccccc1. The second-order valence-electron chi connectivity index (χ2n) is 6.15. The molecule has 0 amide bonds. The summed E-state index contributed by atoms with van der Waals surface area (Å²) >= 11 is 0. The largest absolute Gasteiger partial charge is 0.371 e. The summed E-state index contributed by atoms with van der Waals surface area (Å²) in [6.07, 6.45) is 5.98. The van der Waals surface area contributed by atoms with Crippen LogP contribution in [0.25, 0.3) is 6.08 Å². The minimum absolute atomic E-state index is 0.0406. The monoisotopic (exact) mass is 244 g/mol. The lowest BCUT2D eigenvalue weighted by atomic mass is 9.90. The van der Waals surface area contributed by atoms with Crippen molar-refractivity contribution < 1.29 is 4.74 Å². The van der Waals surface area contributed by atoms with Gasteiger partial charge in [-0.3, -0.25) is 0 Å². The van der Waals surface area contributed by atoms with E-state index in [2.05, 4.69) is 64.1 Å². The van der Waals surface area contributed by atoms with Crippen LogP contribution < -0.4 is 0 Å². The Balaban J connectivity index is 2.00. The number of rotatable bonds is 3. The third kappa shape index (κ3) is 3.23. The Morgan fingerprint density at radius 1 is 1.28 bits per heavy atom. The van der Waals surface area contributed by atoms with Crippen LogP contribution in [0, 0.1) is 11.8 Å². The molecular formula is C17H24O. The van der Waals surface area contributed by atoms with Gasteiger partial charge in [0.1, 0.15) is 0 Å². The highest BCUT2D eigenvalue weighted by Crippen LogP contribution is 2.38. The molecule has 1 aromatic carbocycles. The van der Waals surface area contributed by atoms with Gasteiger partial charge in [0.15, 0.2) is 0 Å². The van der Waals surface area contributed by atoms with Crippen molar-refractivity contribution in [3.05, 3.63) is 42.0 Å². The Kier molecular flexibility index (Phi) is 3.91. The van der Waals surface area contributed by atoms with Crippen LogP contribution in [0.2, 0.25) is 0 Å². The summed E-state index contributed by atoms with van der Waals surface area (Å²) in [7, 11) is 0. The molecule has 0 N–H and O–H groups in total. The van der Waals surface area contributed by atoms with Gasteiger partial charge in [0.05, 0.1) is 11.7 Å². The van der Waals surface area contributed by atoms with Crippen LogP contribution in [0.1, 0.15) is 39.7 Å². The molecule has 1 aromatic rings. The molecule has 1 aliphatic heterocycles. The minimum atomic E-state index is 0.0406. The zero-order valence-electron chi connectivity index (χ0n) is 11.9. The first kappa shape index (κ1) is 13.4. The summed E-state index contributed by atoms with van der Waals surface area (Å²) in [5, 5.41) is 0. The second kappa shape index (κ2) is 5.27. The molecule has 1 fully saturated rings. The van der Waals surface area contributed by atoms with Crippen LogP contribution in [0.4, 0.5) is 0 Å². The maximum absolute atomic E-state index is 6.16. The first-order chi connectivity index (χ1) is 8.48. The van der Waals surface area contributed by atoms with E-state index in [0.29, 0.717) is 17.9 Å². The van der Waals surface area contributed by atoms with E-state index in [-0.39, 0.29) is 5.60 Å². The Bertz CT molecular complexity index is 405. The molecule has 2 rings (SSSR count). The molecule has 1 heteroatoms. The van der Waals surface area contributed by atoms with Crippen molar-refractivity contribution >= 4 is 6.08 Å². The second-order valence-corrected chi connectivity index (χ2v) is 6.15.